The van der Waals surface area contributed by atoms with Crippen LogP contribution in [0.25, 0.3) is 10.4 Å². The van der Waals surface area contributed by atoms with Gasteiger partial charge >= 0.3 is 5.97 Å². The van der Waals surface area contributed by atoms with E-state index in [9.17, 15) is 4.79 Å². The number of hydrogen-bond acceptors (Lipinski definition) is 4. The Morgan fingerprint density at radius 2 is 1.88 bits per heavy atom. The minimum atomic E-state index is -1.13. The highest BCUT2D eigenvalue weighted by Crippen LogP contribution is 2.19. The van der Waals surface area contributed by atoms with E-state index in [4.69, 9.17) is 21.1 Å². The van der Waals surface area contributed by atoms with Gasteiger partial charge in [-0.25, -0.2) is 0 Å². The third-order valence-electron chi connectivity index (χ3n) is 3.90. The third kappa shape index (κ3) is 9.30. The van der Waals surface area contributed by atoms with E-state index in [0.717, 1.165) is 5.56 Å². The third-order valence-corrected chi connectivity index (χ3v) is 3.90. The Morgan fingerprint density at radius 1 is 1.31 bits per heavy atom. The number of rotatable bonds is 5. The zero-order chi connectivity index (χ0) is 19.6. The van der Waals surface area contributed by atoms with Gasteiger partial charge in [0.05, 0.1) is 0 Å². The van der Waals surface area contributed by atoms with Crippen LogP contribution in [-0.4, -0.2) is 28.8 Å². The number of nitrogens with two attached hydrogens (primary N) is 1. The van der Waals surface area contributed by atoms with E-state index in [-0.39, 0.29) is 12.0 Å². The number of nitrogens with zero attached hydrogens (tertiary/aromatic N) is 3. The van der Waals surface area contributed by atoms with Crippen LogP contribution in [0.4, 0.5) is 0 Å². The van der Waals surface area contributed by atoms with Gasteiger partial charge in [-0.15, -0.1) is 0 Å². The number of carboxylic acids is 1. The number of aliphatic carboxylic acids is 1. The standard InChI is InChI=1S/C13H17N3O3.C6H13N/c1-13(2,3)19-10-6-4-9(5-7-10)8-11(12(17)18)15-16-14;7-6-4-2-1-3-5-6/h4-7,11H,8H2,1-3H3,(H,17,18);6H,1-5,7H2/t11-;/m1./s1. The molecule has 144 valence electrons. The molecular weight excluding hydrogens is 332 g/mol. The molecule has 7 heteroatoms. The van der Waals surface area contributed by atoms with E-state index in [1.165, 1.54) is 32.1 Å². The predicted octanol–water partition coefficient (Wildman–Crippen LogP) is 4.45. The number of azide groups is 1. The van der Waals surface area contributed by atoms with Crippen LogP contribution in [0.15, 0.2) is 29.4 Å². The largest absolute Gasteiger partial charge is 0.488 e. The summed E-state index contributed by atoms with van der Waals surface area (Å²) in [6.45, 7) is 5.84. The molecule has 3 N–H and O–H groups in total. The zero-order valence-corrected chi connectivity index (χ0v) is 15.9. The van der Waals surface area contributed by atoms with E-state index >= 15 is 0 Å². The monoisotopic (exact) mass is 362 g/mol. The number of hydrogen-bond donors (Lipinski definition) is 2. The highest BCUT2D eigenvalue weighted by atomic mass is 16.5. The highest BCUT2D eigenvalue weighted by molar-refractivity contribution is 5.74. The van der Waals surface area contributed by atoms with Crippen LogP contribution >= 0.6 is 0 Å². The summed E-state index contributed by atoms with van der Waals surface area (Å²) in [6, 6.07) is 6.53. The molecule has 1 aromatic carbocycles. The Kier molecular flexibility index (Phi) is 8.96. The first kappa shape index (κ1) is 21.8. The van der Waals surface area contributed by atoms with Gasteiger partial charge in [0.25, 0.3) is 0 Å². The van der Waals surface area contributed by atoms with Gasteiger partial charge in [0.1, 0.15) is 17.4 Å². The summed E-state index contributed by atoms with van der Waals surface area (Å²) >= 11 is 0. The molecule has 1 aliphatic rings. The van der Waals surface area contributed by atoms with E-state index < -0.39 is 12.0 Å². The van der Waals surface area contributed by atoms with Crippen LogP contribution in [0.5, 0.6) is 5.75 Å². The lowest BCUT2D eigenvalue weighted by atomic mass is 9.97. The van der Waals surface area contributed by atoms with Crippen molar-refractivity contribution >= 4 is 5.97 Å². The molecule has 1 aliphatic carbocycles. The molecule has 0 aliphatic heterocycles. The fourth-order valence-corrected chi connectivity index (χ4v) is 2.64. The molecule has 1 atom stereocenters. The molecule has 0 amide bonds. The van der Waals surface area contributed by atoms with E-state index in [0.29, 0.717) is 11.8 Å². The lowest BCUT2D eigenvalue weighted by Gasteiger charge is -2.21. The second-order valence-corrected chi connectivity index (χ2v) is 7.52. The average molecular weight is 362 g/mol. The van der Waals surface area contributed by atoms with Crippen molar-refractivity contribution in [3.05, 3.63) is 40.3 Å². The molecule has 1 saturated carbocycles. The maximum Gasteiger partial charge on any atom is 0.312 e. The predicted molar refractivity (Wildman–Crippen MR) is 102 cm³/mol. The summed E-state index contributed by atoms with van der Waals surface area (Å²) in [4.78, 5) is 13.4. The zero-order valence-electron chi connectivity index (χ0n) is 15.9. The van der Waals surface area contributed by atoms with Crippen LogP contribution in [0.2, 0.25) is 0 Å². The number of benzene rings is 1. The molecular formula is C19H30N4O3. The minimum Gasteiger partial charge on any atom is -0.488 e. The van der Waals surface area contributed by atoms with Gasteiger partial charge in [0.15, 0.2) is 0 Å². The summed E-state index contributed by atoms with van der Waals surface area (Å²) in [5.74, 6) is -0.417. The van der Waals surface area contributed by atoms with Gasteiger partial charge in [-0.2, -0.15) is 0 Å². The van der Waals surface area contributed by atoms with E-state index in [1.807, 2.05) is 20.8 Å². The van der Waals surface area contributed by atoms with Crippen molar-refractivity contribution in [3.63, 3.8) is 0 Å². The van der Waals surface area contributed by atoms with Crippen molar-refractivity contribution in [3.8, 4) is 5.75 Å². The van der Waals surface area contributed by atoms with Crippen LogP contribution in [0, 0.1) is 0 Å². The van der Waals surface area contributed by atoms with Crippen molar-refractivity contribution in [2.24, 2.45) is 10.8 Å². The Morgan fingerprint density at radius 3 is 2.27 bits per heavy atom. The number of carbonyl (C=O) groups is 1. The quantitative estimate of drug-likeness (QED) is 0.456. The van der Waals surface area contributed by atoms with Gasteiger partial charge in [-0.1, -0.05) is 36.5 Å². The van der Waals surface area contributed by atoms with Crippen LogP contribution in [0.3, 0.4) is 0 Å². The van der Waals surface area contributed by atoms with Crippen molar-refractivity contribution in [2.45, 2.75) is 77.0 Å². The summed E-state index contributed by atoms with van der Waals surface area (Å²) in [5.41, 5.74) is 14.4. The second-order valence-electron chi connectivity index (χ2n) is 7.52. The summed E-state index contributed by atoms with van der Waals surface area (Å²) in [6.07, 6.45) is 6.82. The Labute approximate surface area is 155 Å². The van der Waals surface area contributed by atoms with Gasteiger partial charge in [-0.05, 0) is 63.3 Å². The molecule has 0 unspecified atom stereocenters. The van der Waals surface area contributed by atoms with Gasteiger partial charge < -0.3 is 15.6 Å². The van der Waals surface area contributed by atoms with Gasteiger partial charge in [0.2, 0.25) is 0 Å². The topological polar surface area (TPSA) is 121 Å². The molecule has 26 heavy (non-hydrogen) atoms. The fraction of sp³-hybridized carbons (Fsp3) is 0.632. The Bertz CT molecular complexity index is 596. The molecule has 1 fully saturated rings. The van der Waals surface area contributed by atoms with Gasteiger partial charge in [0, 0.05) is 11.0 Å². The normalized spacial score (nSPS) is 15.8. The molecule has 0 spiro atoms. The summed E-state index contributed by atoms with van der Waals surface area (Å²) in [5, 5.41) is 12.1. The number of carboxylic acid groups (broad SMARTS) is 1. The smallest absolute Gasteiger partial charge is 0.312 e. The summed E-state index contributed by atoms with van der Waals surface area (Å²) in [7, 11) is 0. The lowest BCUT2D eigenvalue weighted by molar-refractivity contribution is -0.138. The highest BCUT2D eigenvalue weighted by Gasteiger charge is 2.16. The first-order chi connectivity index (χ1) is 12.2. The first-order valence-electron chi connectivity index (χ1n) is 9.02. The van der Waals surface area contributed by atoms with Crippen molar-refractivity contribution in [1.82, 2.24) is 0 Å². The average Bonchev–Trinajstić information content (AvgIpc) is 2.56. The molecule has 0 bridgehead atoms. The second kappa shape index (κ2) is 10.7. The van der Waals surface area contributed by atoms with Crippen LogP contribution in [0.1, 0.15) is 58.4 Å². The molecule has 2 rings (SSSR count). The Hall–Kier alpha value is -2.24. The maximum absolute atomic E-state index is 10.9. The van der Waals surface area contributed by atoms with Gasteiger partial charge in [-0.3, -0.25) is 4.79 Å². The molecule has 0 saturated heterocycles. The van der Waals surface area contributed by atoms with Crippen molar-refractivity contribution < 1.29 is 14.6 Å². The molecule has 0 aromatic heterocycles. The van der Waals surface area contributed by atoms with Crippen molar-refractivity contribution in [2.75, 3.05) is 0 Å². The van der Waals surface area contributed by atoms with E-state index in [1.54, 1.807) is 24.3 Å². The number of ether oxygens (including phenoxy) is 1. The van der Waals surface area contributed by atoms with Crippen LogP contribution < -0.4 is 10.5 Å². The maximum atomic E-state index is 10.9. The summed E-state index contributed by atoms with van der Waals surface area (Å²) < 4.78 is 5.66. The van der Waals surface area contributed by atoms with Crippen LogP contribution in [-0.2, 0) is 11.2 Å². The first-order valence-corrected chi connectivity index (χ1v) is 9.02. The lowest BCUT2D eigenvalue weighted by Crippen LogP contribution is -2.23. The SMILES string of the molecule is CC(C)(C)Oc1ccc(C[C@@H](N=[N+]=[N-])C(=O)O)cc1.NC1CCCCC1. The molecule has 0 heterocycles. The molecule has 0 radical (unpaired) electrons. The Balaban J connectivity index is 0.000000401. The molecule has 1 aromatic rings. The fourth-order valence-electron chi connectivity index (χ4n) is 2.64. The van der Waals surface area contributed by atoms with E-state index in [2.05, 4.69) is 10.0 Å². The minimum absolute atomic E-state index is 0.162. The van der Waals surface area contributed by atoms with Crippen molar-refractivity contribution in [1.29, 1.82) is 0 Å². The molecule has 7 nitrogen and oxygen atoms in total.